The Morgan fingerprint density at radius 1 is 1.34 bits per heavy atom. The van der Waals surface area contributed by atoms with Crippen LogP contribution in [-0.2, 0) is 33.8 Å². The predicted octanol–water partition coefficient (Wildman–Crippen LogP) is 2.82. The van der Waals surface area contributed by atoms with Crippen LogP contribution < -0.4 is 0 Å². The van der Waals surface area contributed by atoms with Crippen molar-refractivity contribution in [1.82, 2.24) is 14.7 Å². The quantitative estimate of drug-likeness (QED) is 0.784. The Hall–Kier alpha value is -2.40. The average molecular weight is 433 g/mol. The van der Waals surface area contributed by atoms with Gasteiger partial charge >= 0.3 is 12.1 Å². The fourth-order valence-corrected chi connectivity index (χ4v) is 3.46. The number of carboxylic acid groups (broad SMARTS) is 1. The summed E-state index contributed by atoms with van der Waals surface area (Å²) in [6.45, 7) is 5.53. The molecule has 1 unspecified atom stereocenters. The van der Waals surface area contributed by atoms with Crippen molar-refractivity contribution >= 4 is 23.2 Å². The third-order valence-corrected chi connectivity index (χ3v) is 4.89. The summed E-state index contributed by atoms with van der Waals surface area (Å²) in [7, 11) is 0. The van der Waals surface area contributed by atoms with E-state index in [9.17, 15) is 18.0 Å². The summed E-state index contributed by atoms with van der Waals surface area (Å²) >= 11 is 1.63. The third-order valence-electron chi connectivity index (χ3n) is 4.16. The highest BCUT2D eigenvalue weighted by molar-refractivity contribution is 7.08. The van der Waals surface area contributed by atoms with E-state index in [-0.39, 0.29) is 11.8 Å². The Morgan fingerprint density at radius 3 is 2.66 bits per heavy atom. The minimum Gasteiger partial charge on any atom is -0.475 e. The van der Waals surface area contributed by atoms with Gasteiger partial charge in [-0.15, -0.1) is 0 Å². The van der Waals surface area contributed by atoms with E-state index in [2.05, 4.69) is 5.10 Å². The first kappa shape index (κ1) is 22.9. The van der Waals surface area contributed by atoms with Gasteiger partial charge in [0, 0.05) is 31.8 Å². The molecule has 0 bridgehead atoms. The molecular weight excluding hydrogens is 411 g/mol. The van der Waals surface area contributed by atoms with E-state index < -0.39 is 12.1 Å². The van der Waals surface area contributed by atoms with Crippen molar-refractivity contribution in [2.75, 3.05) is 19.8 Å². The van der Waals surface area contributed by atoms with Gasteiger partial charge in [0.2, 0.25) is 5.91 Å². The van der Waals surface area contributed by atoms with Gasteiger partial charge in [0.1, 0.15) is 0 Å². The average Bonchev–Trinajstić information content (AvgIpc) is 3.28. The lowest BCUT2D eigenvalue weighted by Gasteiger charge is -2.24. The molecule has 1 aliphatic heterocycles. The first-order valence-corrected chi connectivity index (χ1v) is 9.82. The smallest absolute Gasteiger partial charge is 0.475 e. The van der Waals surface area contributed by atoms with Crippen LogP contribution in [0.2, 0.25) is 0 Å². The molecule has 1 atom stereocenters. The zero-order chi connectivity index (χ0) is 21.4. The highest BCUT2D eigenvalue weighted by Gasteiger charge is 2.38. The molecule has 0 aliphatic carbocycles. The van der Waals surface area contributed by atoms with Gasteiger partial charge in [-0.3, -0.25) is 9.48 Å². The molecule has 3 heterocycles. The van der Waals surface area contributed by atoms with Crippen LogP contribution in [0.4, 0.5) is 13.2 Å². The summed E-state index contributed by atoms with van der Waals surface area (Å²) in [5, 5.41) is 15.5. The molecule has 7 nitrogen and oxygen atoms in total. The highest BCUT2D eigenvalue weighted by atomic mass is 32.1. The standard InChI is InChI=1S/C16H21N3O2S.C2HF3O2/c1-2-21-11-14-8-18(10-15-3-5-17-19(15)9-14)16(20)7-13-4-6-22-12-13;3-2(4,5)1(6)7/h3-6,12,14H,2,7-11H2,1H3;(H,6,7). The number of hydrogen-bond acceptors (Lipinski definition) is 5. The number of aromatic nitrogens is 2. The van der Waals surface area contributed by atoms with Gasteiger partial charge in [0.25, 0.3) is 0 Å². The Balaban J connectivity index is 0.000000370. The minimum absolute atomic E-state index is 0.176. The SMILES string of the molecule is CCOCC1CN(C(=O)Cc2ccsc2)Cc2ccnn2C1.O=C(O)C(F)(F)F. The lowest BCUT2D eigenvalue weighted by molar-refractivity contribution is -0.192. The van der Waals surface area contributed by atoms with Crippen LogP contribution in [0.1, 0.15) is 18.2 Å². The van der Waals surface area contributed by atoms with Gasteiger partial charge < -0.3 is 14.7 Å². The lowest BCUT2D eigenvalue weighted by atomic mass is 10.1. The van der Waals surface area contributed by atoms with Crippen LogP contribution in [0, 0.1) is 5.92 Å². The maximum atomic E-state index is 12.6. The molecule has 0 fully saturated rings. The maximum absolute atomic E-state index is 12.6. The normalized spacial score (nSPS) is 16.4. The van der Waals surface area contributed by atoms with Gasteiger partial charge in [-0.2, -0.15) is 29.6 Å². The summed E-state index contributed by atoms with van der Waals surface area (Å²) in [6.07, 6.45) is -2.81. The predicted molar refractivity (Wildman–Crippen MR) is 99.3 cm³/mol. The number of nitrogens with zero attached hydrogens (tertiary/aromatic N) is 3. The van der Waals surface area contributed by atoms with Crippen LogP contribution in [-0.4, -0.2) is 57.6 Å². The fourth-order valence-electron chi connectivity index (χ4n) is 2.79. The number of aliphatic carboxylic acids is 1. The van der Waals surface area contributed by atoms with Crippen molar-refractivity contribution < 1.29 is 32.6 Å². The second-order valence-electron chi connectivity index (χ2n) is 6.42. The summed E-state index contributed by atoms with van der Waals surface area (Å²) in [5.41, 5.74) is 2.19. The number of hydrogen-bond donors (Lipinski definition) is 1. The van der Waals surface area contributed by atoms with Gasteiger partial charge in [0.05, 0.1) is 25.3 Å². The number of carboxylic acids is 1. The number of carbonyl (C=O) groups is 2. The van der Waals surface area contributed by atoms with E-state index in [1.807, 2.05) is 39.4 Å². The van der Waals surface area contributed by atoms with E-state index in [1.165, 1.54) is 0 Å². The number of alkyl halides is 3. The first-order valence-electron chi connectivity index (χ1n) is 8.88. The minimum atomic E-state index is -5.08. The maximum Gasteiger partial charge on any atom is 0.490 e. The number of amides is 1. The van der Waals surface area contributed by atoms with E-state index in [0.717, 1.165) is 24.3 Å². The summed E-state index contributed by atoms with van der Waals surface area (Å²) in [5.74, 6) is -2.30. The number of thiophene rings is 1. The molecule has 1 amide bonds. The van der Waals surface area contributed by atoms with Gasteiger partial charge in [-0.1, -0.05) is 0 Å². The van der Waals surface area contributed by atoms with Crippen LogP contribution in [0.25, 0.3) is 0 Å². The molecule has 11 heteroatoms. The largest absolute Gasteiger partial charge is 0.490 e. The molecule has 1 N–H and O–H groups in total. The molecule has 0 saturated heterocycles. The van der Waals surface area contributed by atoms with Crippen LogP contribution in [0.3, 0.4) is 0 Å². The molecule has 1 aliphatic rings. The molecule has 0 spiro atoms. The first-order chi connectivity index (χ1) is 13.7. The number of halogens is 3. The molecule has 2 aromatic rings. The van der Waals surface area contributed by atoms with E-state index in [0.29, 0.717) is 26.2 Å². The van der Waals surface area contributed by atoms with Crippen LogP contribution in [0.15, 0.2) is 29.1 Å². The zero-order valence-corrected chi connectivity index (χ0v) is 16.6. The van der Waals surface area contributed by atoms with E-state index in [4.69, 9.17) is 14.6 Å². The lowest BCUT2D eigenvalue weighted by Crippen LogP contribution is -2.36. The molecule has 3 rings (SSSR count). The van der Waals surface area contributed by atoms with Gasteiger partial charge in [-0.25, -0.2) is 4.79 Å². The molecule has 29 heavy (non-hydrogen) atoms. The van der Waals surface area contributed by atoms with E-state index >= 15 is 0 Å². The summed E-state index contributed by atoms with van der Waals surface area (Å²) < 4.78 is 39.3. The third kappa shape index (κ3) is 7.17. The Bertz CT molecular complexity index is 793. The molecule has 0 aromatic carbocycles. The number of rotatable bonds is 5. The van der Waals surface area contributed by atoms with Crippen LogP contribution >= 0.6 is 11.3 Å². The number of ether oxygens (including phenoxy) is 1. The second-order valence-corrected chi connectivity index (χ2v) is 7.20. The van der Waals surface area contributed by atoms with E-state index in [1.54, 1.807) is 17.5 Å². The number of fused-ring (bicyclic) bond motifs is 1. The molecule has 0 radical (unpaired) electrons. The topological polar surface area (TPSA) is 84.7 Å². The Kier molecular flexibility index (Phi) is 8.21. The van der Waals surface area contributed by atoms with Crippen molar-refractivity contribution in [2.45, 2.75) is 32.6 Å². The molecular formula is C18H22F3N3O4S. The van der Waals surface area contributed by atoms with Gasteiger partial charge in [0.15, 0.2) is 0 Å². The summed E-state index contributed by atoms with van der Waals surface area (Å²) in [6, 6.07) is 4.01. The monoisotopic (exact) mass is 433 g/mol. The molecule has 0 saturated carbocycles. The van der Waals surface area contributed by atoms with Gasteiger partial charge in [-0.05, 0) is 35.4 Å². The highest BCUT2D eigenvalue weighted by Crippen LogP contribution is 2.18. The zero-order valence-electron chi connectivity index (χ0n) is 15.8. The summed E-state index contributed by atoms with van der Waals surface area (Å²) in [4.78, 5) is 23.5. The Labute approximate surface area is 169 Å². The van der Waals surface area contributed by atoms with Crippen molar-refractivity contribution in [3.05, 3.63) is 40.3 Å². The fraction of sp³-hybridized carbons (Fsp3) is 0.500. The van der Waals surface area contributed by atoms with Crippen molar-refractivity contribution in [3.63, 3.8) is 0 Å². The van der Waals surface area contributed by atoms with Crippen molar-refractivity contribution in [2.24, 2.45) is 5.92 Å². The molecule has 2 aromatic heterocycles. The second kappa shape index (κ2) is 10.4. The molecule has 160 valence electrons. The Morgan fingerprint density at radius 2 is 2.07 bits per heavy atom. The van der Waals surface area contributed by atoms with Crippen LogP contribution in [0.5, 0.6) is 0 Å². The van der Waals surface area contributed by atoms with Crippen molar-refractivity contribution in [1.29, 1.82) is 0 Å². The number of carbonyl (C=O) groups excluding carboxylic acids is 1. The van der Waals surface area contributed by atoms with Crippen molar-refractivity contribution in [3.8, 4) is 0 Å².